The van der Waals surface area contributed by atoms with Gasteiger partial charge >= 0.3 is 9.24 Å². The lowest BCUT2D eigenvalue weighted by Crippen LogP contribution is -2.48. The zero-order chi connectivity index (χ0) is 15.1. The van der Waals surface area contributed by atoms with E-state index in [4.69, 9.17) is 31.8 Å². The Morgan fingerprint density at radius 2 is 1.95 bits per heavy atom. The molecule has 1 aromatic carbocycles. The molecule has 0 saturated carbocycles. The minimum absolute atomic E-state index is 0.0150. The first-order valence-electron chi connectivity index (χ1n) is 5.48. The second-order valence-corrected chi connectivity index (χ2v) is 6.82. The van der Waals surface area contributed by atoms with E-state index in [1.54, 1.807) is 12.1 Å². The van der Waals surface area contributed by atoms with Crippen molar-refractivity contribution in [1.82, 2.24) is 4.31 Å². The molecular weight excluding hydrogens is 329 g/mol. The van der Waals surface area contributed by atoms with E-state index in [2.05, 4.69) is 0 Å². The van der Waals surface area contributed by atoms with Crippen LogP contribution in [0.4, 0.5) is 0 Å². The molecule has 0 aliphatic carbocycles. The van der Waals surface area contributed by atoms with Crippen molar-refractivity contribution in [2.24, 2.45) is 0 Å². The van der Waals surface area contributed by atoms with Gasteiger partial charge in [0.2, 0.25) is 5.91 Å². The van der Waals surface area contributed by atoms with Gasteiger partial charge in [0.1, 0.15) is 0 Å². The first-order valence-corrected chi connectivity index (χ1v) is 8.13. The molecule has 110 valence electrons. The number of amides is 1. The number of methoxy groups -OCH3 is 2. The van der Waals surface area contributed by atoms with Crippen molar-refractivity contribution in [3.63, 3.8) is 0 Å². The zero-order valence-corrected chi connectivity index (χ0v) is 12.9. The predicted octanol–water partition coefficient (Wildman–Crippen LogP) is 2.11. The number of nitrogens with zero attached hydrogens (tertiary/aromatic N) is 1. The highest BCUT2D eigenvalue weighted by atomic mass is 35.7. The number of rotatable bonds is 4. The molecule has 0 spiro atoms. The Labute approximate surface area is 125 Å². The molecule has 1 atom stereocenters. The van der Waals surface area contributed by atoms with Crippen LogP contribution in [0.3, 0.4) is 0 Å². The number of carbonyl (C=O) groups excluding carboxylic acids is 1. The Bertz CT molecular complexity index is 661. The van der Waals surface area contributed by atoms with Gasteiger partial charge in [0, 0.05) is 10.7 Å². The number of β-lactam (4-membered cyclic amide) rings is 1. The first-order chi connectivity index (χ1) is 9.31. The van der Waals surface area contributed by atoms with Gasteiger partial charge in [-0.05, 0) is 11.6 Å². The quantitative estimate of drug-likeness (QED) is 0.620. The second kappa shape index (κ2) is 5.31. The molecule has 1 fully saturated rings. The maximum absolute atomic E-state index is 11.4. The average Bonchev–Trinajstić information content (AvgIpc) is 2.33. The molecule has 0 bridgehead atoms. The fraction of sp³-hybridized carbons (Fsp3) is 0.364. The van der Waals surface area contributed by atoms with Crippen LogP contribution >= 0.6 is 22.3 Å². The summed E-state index contributed by atoms with van der Waals surface area (Å²) in [6, 6.07) is 2.44. The summed E-state index contributed by atoms with van der Waals surface area (Å²) in [5.41, 5.74) is 0.438. The average molecular weight is 340 g/mol. The van der Waals surface area contributed by atoms with Gasteiger partial charge < -0.3 is 9.47 Å². The normalized spacial score (nSPS) is 18.7. The summed E-state index contributed by atoms with van der Waals surface area (Å²) in [5.74, 6) is 0.112. The summed E-state index contributed by atoms with van der Waals surface area (Å²) >= 11 is 6.18. The van der Waals surface area contributed by atoms with E-state index >= 15 is 0 Å². The number of halogens is 2. The van der Waals surface area contributed by atoms with Gasteiger partial charge in [-0.1, -0.05) is 17.7 Å². The molecule has 1 aliphatic rings. The van der Waals surface area contributed by atoms with Crippen molar-refractivity contribution in [1.29, 1.82) is 0 Å². The number of benzene rings is 1. The minimum Gasteiger partial charge on any atom is -0.493 e. The smallest absolute Gasteiger partial charge is 0.324 e. The maximum Gasteiger partial charge on any atom is 0.324 e. The molecule has 1 aliphatic heterocycles. The van der Waals surface area contributed by atoms with Crippen molar-refractivity contribution < 1.29 is 22.7 Å². The molecule has 0 aromatic heterocycles. The van der Waals surface area contributed by atoms with Crippen molar-refractivity contribution >= 4 is 37.4 Å². The van der Waals surface area contributed by atoms with Crippen molar-refractivity contribution in [3.05, 3.63) is 22.7 Å². The molecule has 1 amide bonds. The summed E-state index contributed by atoms with van der Waals surface area (Å²) in [7, 11) is 3.96. The largest absolute Gasteiger partial charge is 0.493 e. The van der Waals surface area contributed by atoms with Gasteiger partial charge in [-0.15, -0.1) is 0 Å². The first kappa shape index (κ1) is 15.2. The molecular formula is C11H11Cl2NO5S. The lowest BCUT2D eigenvalue weighted by Gasteiger charge is -2.37. The molecule has 9 heteroatoms. The second-order valence-electron chi connectivity index (χ2n) is 4.06. The van der Waals surface area contributed by atoms with E-state index in [0.717, 1.165) is 0 Å². The molecule has 20 heavy (non-hydrogen) atoms. The SMILES string of the molecule is COc1ccc(C2CC(=O)N2S(=O)(=O)Cl)c(Cl)c1OC. The van der Waals surface area contributed by atoms with Gasteiger partial charge in [-0.25, -0.2) is 4.31 Å². The summed E-state index contributed by atoms with van der Waals surface area (Å²) < 4.78 is 33.6. The molecule has 1 aromatic rings. The van der Waals surface area contributed by atoms with E-state index in [1.807, 2.05) is 0 Å². The Kier molecular flexibility index (Phi) is 4.04. The molecule has 6 nitrogen and oxygen atoms in total. The molecule has 0 N–H and O–H groups in total. The lowest BCUT2D eigenvalue weighted by atomic mass is 9.96. The zero-order valence-electron chi connectivity index (χ0n) is 10.6. The summed E-state index contributed by atoms with van der Waals surface area (Å²) in [6.45, 7) is 0. The van der Waals surface area contributed by atoms with Crippen LogP contribution in [0.2, 0.25) is 5.02 Å². The lowest BCUT2D eigenvalue weighted by molar-refractivity contribution is -0.137. The van der Waals surface area contributed by atoms with Crippen LogP contribution in [0, 0.1) is 0 Å². The highest BCUT2D eigenvalue weighted by Crippen LogP contribution is 2.46. The van der Waals surface area contributed by atoms with Crippen LogP contribution in [0.5, 0.6) is 11.5 Å². The molecule has 2 rings (SSSR count). The number of hydrogen-bond donors (Lipinski definition) is 0. The topological polar surface area (TPSA) is 72.9 Å². The van der Waals surface area contributed by atoms with E-state index in [1.165, 1.54) is 14.2 Å². The third-order valence-corrected chi connectivity index (χ3v) is 4.77. The van der Waals surface area contributed by atoms with E-state index in [0.29, 0.717) is 15.6 Å². The standard InChI is InChI=1S/C11H11Cl2NO5S/c1-18-8-4-3-6(10(12)11(8)19-2)7-5-9(15)14(7)20(13,16)17/h3-4,7H,5H2,1-2H3. The Morgan fingerprint density at radius 1 is 1.30 bits per heavy atom. The highest BCUT2D eigenvalue weighted by Gasteiger charge is 2.45. The Morgan fingerprint density at radius 3 is 2.40 bits per heavy atom. The molecule has 1 heterocycles. The molecule has 1 saturated heterocycles. The van der Waals surface area contributed by atoms with E-state index in [-0.39, 0.29) is 17.2 Å². The van der Waals surface area contributed by atoms with Gasteiger partial charge in [0.25, 0.3) is 0 Å². The van der Waals surface area contributed by atoms with Crippen molar-refractivity contribution in [2.45, 2.75) is 12.5 Å². The molecule has 1 unspecified atom stereocenters. The van der Waals surface area contributed by atoms with E-state index < -0.39 is 21.2 Å². The fourth-order valence-electron chi connectivity index (χ4n) is 2.07. The van der Waals surface area contributed by atoms with Crippen molar-refractivity contribution in [3.8, 4) is 11.5 Å². The Balaban J connectivity index is 2.47. The third-order valence-electron chi connectivity index (χ3n) is 3.01. The molecule has 0 radical (unpaired) electrons. The monoisotopic (exact) mass is 339 g/mol. The number of hydrogen-bond acceptors (Lipinski definition) is 5. The maximum atomic E-state index is 11.4. The van der Waals surface area contributed by atoms with Gasteiger partial charge in [-0.3, -0.25) is 4.79 Å². The van der Waals surface area contributed by atoms with Crippen LogP contribution in [0.15, 0.2) is 12.1 Å². The number of ether oxygens (including phenoxy) is 2. The van der Waals surface area contributed by atoms with Crippen molar-refractivity contribution in [2.75, 3.05) is 14.2 Å². The summed E-state index contributed by atoms with van der Waals surface area (Å²) in [4.78, 5) is 11.4. The summed E-state index contributed by atoms with van der Waals surface area (Å²) in [6.07, 6.45) is 0.0150. The van der Waals surface area contributed by atoms with Gasteiger partial charge in [0.15, 0.2) is 11.5 Å². The van der Waals surface area contributed by atoms with Crippen LogP contribution in [-0.4, -0.2) is 32.8 Å². The van der Waals surface area contributed by atoms with E-state index in [9.17, 15) is 13.2 Å². The fourth-order valence-corrected chi connectivity index (χ4v) is 3.76. The van der Waals surface area contributed by atoms with Crippen LogP contribution in [0.1, 0.15) is 18.0 Å². The summed E-state index contributed by atoms with van der Waals surface area (Å²) in [5, 5.41) is 0.190. The minimum atomic E-state index is -4.14. The van der Waals surface area contributed by atoms with Gasteiger partial charge in [-0.2, -0.15) is 8.42 Å². The van der Waals surface area contributed by atoms with Crippen LogP contribution in [0.25, 0.3) is 0 Å². The predicted molar refractivity (Wildman–Crippen MR) is 73.5 cm³/mol. The number of carbonyl (C=O) groups is 1. The Hall–Kier alpha value is -1.18. The van der Waals surface area contributed by atoms with Gasteiger partial charge in [0.05, 0.1) is 31.7 Å². The van der Waals surface area contributed by atoms with Crippen LogP contribution in [-0.2, 0) is 14.0 Å². The third kappa shape index (κ3) is 2.41. The highest BCUT2D eigenvalue weighted by molar-refractivity contribution is 8.12. The van der Waals surface area contributed by atoms with Crippen LogP contribution < -0.4 is 9.47 Å².